The third-order valence-electron chi connectivity index (χ3n) is 9.08. The van der Waals surface area contributed by atoms with Gasteiger partial charge in [-0.2, -0.15) is 13.2 Å². The van der Waals surface area contributed by atoms with Crippen LogP contribution >= 0.6 is 0 Å². The lowest BCUT2D eigenvalue weighted by atomic mass is 9.88. The maximum absolute atomic E-state index is 12.8. The Labute approximate surface area is 269 Å². The maximum atomic E-state index is 12.8. The molecular formula is C35H44F3N3O4Si. The van der Waals surface area contributed by atoms with Crippen molar-refractivity contribution in [2.45, 2.75) is 83.0 Å². The predicted molar refractivity (Wildman–Crippen MR) is 177 cm³/mol. The molecule has 0 saturated carbocycles. The number of hydrogen-bond acceptors (Lipinski definition) is 5. The molecule has 1 amide bonds. The number of fused-ring (bicyclic) bond motifs is 1. The molecule has 0 saturated heterocycles. The van der Waals surface area contributed by atoms with Crippen molar-refractivity contribution in [3.8, 4) is 5.75 Å². The van der Waals surface area contributed by atoms with Gasteiger partial charge < -0.3 is 30.6 Å². The van der Waals surface area contributed by atoms with E-state index in [1.807, 2.05) is 43.4 Å². The second-order valence-corrected chi connectivity index (χ2v) is 17.9. The second kappa shape index (κ2) is 14.0. The first kappa shape index (κ1) is 35.2. The highest BCUT2D eigenvalue weighted by molar-refractivity contribution is 6.72. The lowest BCUT2D eigenvalue weighted by Gasteiger charge is -2.38. The van der Waals surface area contributed by atoms with Gasteiger partial charge in [-0.1, -0.05) is 38.1 Å². The molecule has 46 heavy (non-hydrogen) atoms. The van der Waals surface area contributed by atoms with Crippen LogP contribution in [0.2, 0.25) is 18.1 Å². The highest BCUT2D eigenvalue weighted by Crippen LogP contribution is 2.44. The van der Waals surface area contributed by atoms with Gasteiger partial charge in [0, 0.05) is 35.6 Å². The molecule has 7 nitrogen and oxygen atoms in total. The average molecular weight is 656 g/mol. The van der Waals surface area contributed by atoms with Gasteiger partial charge in [-0.25, -0.2) is 0 Å². The van der Waals surface area contributed by atoms with E-state index in [2.05, 4.69) is 36.4 Å². The molecule has 2 atom stereocenters. The Balaban J connectivity index is 1.40. The Bertz CT molecular complexity index is 1650. The standard InChI is InChI=1S/C35H44F3N3O4Si/c1-22(39-20-28(18-34(2,3)46(4,5)45)25-9-13-32(43)27(16-25)21-42)14-24-8-12-30-26(15-24)17-31(41-30)33(44)40-19-23-6-10-29(11-7-23)35(36,37)38/h6-13,15-17,22,28,39,41-43,45H,14,18-21H2,1-5H3,(H,40,44)/t22-,28+/m1/s1. The van der Waals surface area contributed by atoms with E-state index in [1.165, 1.54) is 12.1 Å². The van der Waals surface area contributed by atoms with E-state index in [0.717, 1.165) is 47.0 Å². The number of amides is 1. The number of rotatable bonds is 13. The number of aromatic hydroxyl groups is 1. The molecule has 11 heteroatoms. The number of phenols is 1. The predicted octanol–water partition coefficient (Wildman–Crippen LogP) is 6.99. The van der Waals surface area contributed by atoms with E-state index in [0.29, 0.717) is 23.4 Å². The van der Waals surface area contributed by atoms with Crippen molar-refractivity contribution in [1.29, 1.82) is 0 Å². The van der Waals surface area contributed by atoms with Gasteiger partial charge in [-0.3, -0.25) is 4.79 Å². The number of aromatic nitrogens is 1. The normalized spacial score (nSPS) is 14.0. The van der Waals surface area contributed by atoms with E-state index >= 15 is 0 Å². The SMILES string of the molecule is C[C@H](Cc1ccc2[nH]c(C(=O)NCc3ccc(C(F)(F)F)cc3)cc2c1)NC[C@H](CC(C)(C)[Si](C)(C)O)c1ccc(O)c(CO)c1. The summed E-state index contributed by atoms with van der Waals surface area (Å²) in [6, 6.07) is 17.9. The van der Waals surface area contributed by atoms with Crippen molar-refractivity contribution in [2.24, 2.45) is 0 Å². The zero-order chi connectivity index (χ0) is 33.9. The van der Waals surface area contributed by atoms with Crippen LogP contribution in [-0.4, -0.2) is 46.8 Å². The fraction of sp³-hybridized carbons (Fsp3) is 0.400. The average Bonchev–Trinajstić information content (AvgIpc) is 3.41. The Kier molecular flexibility index (Phi) is 10.7. The number of carbonyl (C=O) groups excluding carboxylic acids is 1. The molecule has 0 aliphatic rings. The number of H-pyrrole nitrogens is 1. The van der Waals surface area contributed by atoms with E-state index in [4.69, 9.17) is 0 Å². The summed E-state index contributed by atoms with van der Waals surface area (Å²) in [7, 11) is -2.49. The minimum absolute atomic E-state index is 0.0399. The summed E-state index contributed by atoms with van der Waals surface area (Å²) in [6.45, 7) is 10.7. The van der Waals surface area contributed by atoms with Gasteiger partial charge in [-0.15, -0.1) is 0 Å². The summed E-state index contributed by atoms with van der Waals surface area (Å²) in [4.78, 5) is 26.9. The summed E-state index contributed by atoms with van der Waals surface area (Å²) in [5.41, 5.74) is 3.54. The van der Waals surface area contributed by atoms with Gasteiger partial charge in [0.2, 0.25) is 0 Å². The monoisotopic (exact) mass is 655 g/mol. The van der Waals surface area contributed by atoms with E-state index in [-0.39, 0.29) is 41.8 Å². The number of aromatic amines is 1. The molecule has 3 aromatic carbocycles. The first-order chi connectivity index (χ1) is 21.5. The molecule has 4 rings (SSSR count). The molecule has 4 aromatic rings. The molecule has 248 valence electrons. The molecular weight excluding hydrogens is 611 g/mol. The number of hydrogen-bond donors (Lipinski definition) is 6. The van der Waals surface area contributed by atoms with Crippen molar-refractivity contribution < 1.29 is 33.0 Å². The van der Waals surface area contributed by atoms with Gasteiger partial charge in [0.15, 0.2) is 8.32 Å². The van der Waals surface area contributed by atoms with Crippen LogP contribution < -0.4 is 10.6 Å². The quantitative estimate of drug-likeness (QED) is 0.0869. The van der Waals surface area contributed by atoms with Crippen LogP contribution in [0.15, 0.2) is 66.7 Å². The van der Waals surface area contributed by atoms with Gasteiger partial charge in [-0.05, 0) is 103 Å². The maximum Gasteiger partial charge on any atom is 0.416 e. The summed E-state index contributed by atoms with van der Waals surface area (Å²) in [6.07, 6.45) is -2.95. The van der Waals surface area contributed by atoms with Crippen LogP contribution in [0.1, 0.15) is 71.4 Å². The first-order valence-electron chi connectivity index (χ1n) is 15.4. The zero-order valence-electron chi connectivity index (χ0n) is 26.9. The Morgan fingerprint density at radius 2 is 1.65 bits per heavy atom. The van der Waals surface area contributed by atoms with E-state index < -0.39 is 20.1 Å². The van der Waals surface area contributed by atoms with E-state index in [9.17, 15) is 33.0 Å². The van der Waals surface area contributed by atoms with Crippen molar-refractivity contribution in [2.75, 3.05) is 6.54 Å². The summed E-state index contributed by atoms with van der Waals surface area (Å²) >= 11 is 0. The Morgan fingerprint density at radius 3 is 2.28 bits per heavy atom. The molecule has 0 aliphatic heterocycles. The number of aliphatic hydroxyl groups excluding tert-OH is 1. The van der Waals surface area contributed by atoms with Gasteiger partial charge in [0.1, 0.15) is 11.4 Å². The first-order valence-corrected chi connectivity index (χ1v) is 18.4. The number of benzene rings is 3. The van der Waals surface area contributed by atoms with Crippen LogP contribution in [0, 0.1) is 0 Å². The van der Waals surface area contributed by atoms with Crippen LogP contribution in [-0.2, 0) is 25.7 Å². The molecule has 0 radical (unpaired) electrons. The molecule has 0 spiro atoms. The Morgan fingerprint density at radius 1 is 0.978 bits per heavy atom. The lowest BCUT2D eigenvalue weighted by Crippen LogP contribution is -2.41. The molecule has 0 aliphatic carbocycles. The molecule has 6 N–H and O–H groups in total. The molecule has 1 heterocycles. The number of carbonyl (C=O) groups is 1. The van der Waals surface area contributed by atoms with Crippen LogP contribution in [0.25, 0.3) is 10.9 Å². The van der Waals surface area contributed by atoms with Gasteiger partial charge in [0.05, 0.1) is 12.2 Å². The summed E-state index contributed by atoms with van der Waals surface area (Å²) < 4.78 is 38.4. The number of aliphatic hydroxyl groups is 1. The highest BCUT2D eigenvalue weighted by atomic mass is 28.4. The van der Waals surface area contributed by atoms with Crippen LogP contribution in [0.4, 0.5) is 13.2 Å². The summed E-state index contributed by atoms with van der Waals surface area (Å²) in [5, 5.41) is 26.8. The largest absolute Gasteiger partial charge is 0.508 e. The molecule has 1 aromatic heterocycles. The molecule has 0 fully saturated rings. The number of alkyl halides is 3. The van der Waals surface area contributed by atoms with Crippen molar-refractivity contribution in [3.05, 3.63) is 100 Å². The smallest absolute Gasteiger partial charge is 0.416 e. The van der Waals surface area contributed by atoms with Crippen LogP contribution in [0.5, 0.6) is 5.75 Å². The van der Waals surface area contributed by atoms with E-state index in [1.54, 1.807) is 12.1 Å². The second-order valence-electron chi connectivity index (χ2n) is 13.4. The minimum Gasteiger partial charge on any atom is -0.508 e. The van der Waals surface area contributed by atoms with Crippen molar-refractivity contribution in [1.82, 2.24) is 15.6 Å². The molecule has 0 unspecified atom stereocenters. The van der Waals surface area contributed by atoms with Gasteiger partial charge in [0.25, 0.3) is 5.91 Å². The van der Waals surface area contributed by atoms with Gasteiger partial charge >= 0.3 is 6.18 Å². The minimum atomic E-state index is -4.41. The van der Waals surface area contributed by atoms with Crippen molar-refractivity contribution >= 4 is 25.1 Å². The Hall–Kier alpha value is -3.64. The lowest BCUT2D eigenvalue weighted by molar-refractivity contribution is -0.137. The fourth-order valence-corrected chi connectivity index (χ4v) is 6.20. The van der Waals surface area contributed by atoms with Crippen molar-refractivity contribution in [3.63, 3.8) is 0 Å². The van der Waals surface area contributed by atoms with Crippen LogP contribution in [0.3, 0.4) is 0 Å². The highest BCUT2D eigenvalue weighted by Gasteiger charge is 2.40. The summed E-state index contributed by atoms with van der Waals surface area (Å²) in [5.74, 6) is -0.255. The third-order valence-corrected chi connectivity index (χ3v) is 12.6. The zero-order valence-corrected chi connectivity index (χ0v) is 27.9. The third kappa shape index (κ3) is 8.78. The topological polar surface area (TPSA) is 118 Å². The number of nitrogens with one attached hydrogen (secondary N) is 3. The number of halogens is 3. The molecule has 0 bridgehead atoms. The fourth-order valence-electron chi connectivity index (χ4n) is 5.45.